The van der Waals surface area contributed by atoms with E-state index in [0.717, 1.165) is 54.1 Å². The van der Waals surface area contributed by atoms with Gasteiger partial charge in [-0.05, 0) is 36.7 Å². The molecule has 98 valence electrons. The highest BCUT2D eigenvalue weighted by molar-refractivity contribution is 5.78. The minimum atomic E-state index is -0.175. The van der Waals surface area contributed by atoms with Crippen molar-refractivity contribution in [3.8, 4) is 11.3 Å². The van der Waals surface area contributed by atoms with Crippen molar-refractivity contribution in [1.29, 1.82) is 0 Å². The first-order chi connectivity index (χ1) is 9.31. The normalized spacial score (nSPS) is 20.4. The minimum Gasteiger partial charge on any atom is -0.364 e. The molecule has 1 unspecified atom stereocenters. The maximum absolute atomic E-state index is 13.3. The number of hydrogen-bond acceptors (Lipinski definition) is 3. The molecule has 1 aliphatic heterocycles. The van der Waals surface area contributed by atoms with Crippen LogP contribution in [-0.4, -0.2) is 29.3 Å². The van der Waals surface area contributed by atoms with Gasteiger partial charge in [0, 0.05) is 30.1 Å². The molecule has 3 N–H and O–H groups in total. The third kappa shape index (κ3) is 1.73. The molecule has 4 nitrogen and oxygen atoms in total. The number of aromatic amines is 1. The van der Waals surface area contributed by atoms with Gasteiger partial charge in [0.25, 0.3) is 0 Å². The number of nitrogens with one attached hydrogen (secondary N) is 3. The maximum atomic E-state index is 13.3. The third-order valence-electron chi connectivity index (χ3n) is 3.97. The molecule has 0 radical (unpaired) electrons. The number of fused-ring (bicyclic) bond motifs is 3. The fourth-order valence-electron chi connectivity index (χ4n) is 2.99. The Bertz CT molecular complexity index is 628. The van der Waals surface area contributed by atoms with E-state index < -0.39 is 0 Å². The lowest BCUT2D eigenvalue weighted by Gasteiger charge is -2.11. The van der Waals surface area contributed by atoms with Crippen molar-refractivity contribution in [3.63, 3.8) is 0 Å². The summed E-state index contributed by atoms with van der Waals surface area (Å²) >= 11 is 0. The lowest BCUT2D eigenvalue weighted by molar-refractivity contribution is 0.626. The van der Waals surface area contributed by atoms with Crippen molar-refractivity contribution in [2.45, 2.75) is 18.9 Å². The summed E-state index contributed by atoms with van der Waals surface area (Å²) in [5, 5.41) is 14.2. The highest BCUT2D eigenvalue weighted by Crippen LogP contribution is 2.39. The molecule has 5 heteroatoms. The summed E-state index contributed by atoms with van der Waals surface area (Å²) in [6.45, 7) is 2.03. The molecule has 4 rings (SSSR count). The van der Waals surface area contributed by atoms with Gasteiger partial charge < -0.3 is 10.6 Å². The van der Waals surface area contributed by atoms with Crippen LogP contribution < -0.4 is 10.6 Å². The molecular formula is C14H15FN4. The van der Waals surface area contributed by atoms with Crippen molar-refractivity contribution in [1.82, 2.24) is 15.5 Å². The zero-order chi connectivity index (χ0) is 12.8. The number of nitrogens with zero attached hydrogens (tertiary/aromatic N) is 1. The summed E-state index contributed by atoms with van der Waals surface area (Å²) < 4.78 is 13.3. The Labute approximate surface area is 110 Å². The van der Waals surface area contributed by atoms with Gasteiger partial charge in [0.05, 0.1) is 5.69 Å². The Morgan fingerprint density at radius 3 is 3.16 bits per heavy atom. The van der Waals surface area contributed by atoms with Crippen LogP contribution in [0.2, 0.25) is 0 Å². The molecule has 0 saturated carbocycles. The first-order valence-corrected chi connectivity index (χ1v) is 6.64. The molecule has 1 saturated heterocycles. The van der Waals surface area contributed by atoms with Crippen molar-refractivity contribution >= 4 is 5.82 Å². The molecule has 1 aromatic heterocycles. The standard InChI is InChI=1S/C14H15FN4/c15-9-1-2-11-8(5-9)6-12-13(11)18-19-14(12)17-10-3-4-16-7-10/h1-2,5,10,16H,3-4,6-7H2,(H2,17,18,19). The maximum Gasteiger partial charge on any atom is 0.152 e. The van der Waals surface area contributed by atoms with Crippen LogP contribution in [0.25, 0.3) is 11.3 Å². The fourth-order valence-corrected chi connectivity index (χ4v) is 2.99. The third-order valence-corrected chi connectivity index (χ3v) is 3.97. The Morgan fingerprint density at radius 1 is 1.37 bits per heavy atom. The number of aromatic nitrogens is 2. The van der Waals surface area contributed by atoms with E-state index in [4.69, 9.17) is 0 Å². The van der Waals surface area contributed by atoms with Crippen molar-refractivity contribution < 1.29 is 4.39 Å². The van der Waals surface area contributed by atoms with Crippen LogP contribution in [0.5, 0.6) is 0 Å². The molecule has 2 aliphatic rings. The van der Waals surface area contributed by atoms with E-state index in [0.29, 0.717) is 6.04 Å². The van der Waals surface area contributed by atoms with E-state index in [-0.39, 0.29) is 5.82 Å². The highest BCUT2D eigenvalue weighted by Gasteiger charge is 2.26. The smallest absolute Gasteiger partial charge is 0.152 e. The van der Waals surface area contributed by atoms with Gasteiger partial charge in [-0.25, -0.2) is 4.39 Å². The summed E-state index contributed by atoms with van der Waals surface area (Å²) in [6.07, 6.45) is 1.87. The predicted molar refractivity (Wildman–Crippen MR) is 71.7 cm³/mol. The van der Waals surface area contributed by atoms with Crippen LogP contribution in [0.15, 0.2) is 18.2 Å². The van der Waals surface area contributed by atoms with E-state index >= 15 is 0 Å². The van der Waals surface area contributed by atoms with E-state index in [9.17, 15) is 4.39 Å². The molecule has 1 fully saturated rings. The van der Waals surface area contributed by atoms with E-state index in [1.54, 1.807) is 6.07 Å². The van der Waals surface area contributed by atoms with Gasteiger partial charge in [-0.2, -0.15) is 5.10 Å². The second-order valence-electron chi connectivity index (χ2n) is 5.24. The second-order valence-corrected chi connectivity index (χ2v) is 5.24. The number of halogens is 1. The zero-order valence-corrected chi connectivity index (χ0v) is 10.5. The van der Waals surface area contributed by atoms with Crippen LogP contribution in [0.1, 0.15) is 17.5 Å². The molecule has 19 heavy (non-hydrogen) atoms. The van der Waals surface area contributed by atoms with Gasteiger partial charge in [-0.15, -0.1) is 0 Å². The number of rotatable bonds is 2. The van der Waals surface area contributed by atoms with Crippen LogP contribution in [0.4, 0.5) is 10.2 Å². The van der Waals surface area contributed by atoms with Gasteiger partial charge in [0.2, 0.25) is 0 Å². The summed E-state index contributed by atoms with van der Waals surface area (Å²) in [6, 6.07) is 5.38. The van der Waals surface area contributed by atoms with E-state index in [1.165, 1.54) is 6.07 Å². The molecule has 0 bridgehead atoms. The number of hydrogen-bond donors (Lipinski definition) is 3. The Morgan fingerprint density at radius 2 is 2.32 bits per heavy atom. The molecule has 1 aromatic carbocycles. The van der Waals surface area contributed by atoms with E-state index in [1.807, 2.05) is 6.07 Å². The summed E-state index contributed by atoms with van der Waals surface area (Å²) in [5.41, 5.74) is 4.30. The molecule has 0 amide bonds. The van der Waals surface area contributed by atoms with Crippen LogP contribution in [0, 0.1) is 5.82 Å². The Kier molecular flexibility index (Phi) is 2.35. The Balaban J connectivity index is 1.67. The second kappa shape index (κ2) is 4.06. The number of benzene rings is 1. The molecule has 2 aromatic rings. The minimum absolute atomic E-state index is 0.175. The van der Waals surface area contributed by atoms with E-state index in [2.05, 4.69) is 20.8 Å². The fraction of sp³-hybridized carbons (Fsp3) is 0.357. The Hall–Kier alpha value is -1.88. The van der Waals surface area contributed by atoms with Crippen molar-refractivity contribution in [2.75, 3.05) is 18.4 Å². The van der Waals surface area contributed by atoms with Gasteiger partial charge in [0.1, 0.15) is 5.82 Å². The molecule has 1 aliphatic carbocycles. The predicted octanol–water partition coefficient (Wildman–Crippen LogP) is 1.89. The number of H-pyrrole nitrogens is 1. The molecule has 1 atom stereocenters. The largest absolute Gasteiger partial charge is 0.364 e. The summed E-state index contributed by atoms with van der Waals surface area (Å²) in [7, 11) is 0. The lowest BCUT2D eigenvalue weighted by Crippen LogP contribution is -2.22. The van der Waals surface area contributed by atoms with Gasteiger partial charge in [-0.3, -0.25) is 5.10 Å². The van der Waals surface area contributed by atoms with Gasteiger partial charge in [-0.1, -0.05) is 0 Å². The van der Waals surface area contributed by atoms with Crippen molar-refractivity contribution in [3.05, 3.63) is 35.1 Å². The summed E-state index contributed by atoms with van der Waals surface area (Å²) in [5.74, 6) is 0.742. The first kappa shape index (κ1) is 11.0. The van der Waals surface area contributed by atoms with Crippen LogP contribution >= 0.6 is 0 Å². The molecule has 2 heterocycles. The molecule has 0 spiro atoms. The molecular weight excluding hydrogens is 243 g/mol. The summed E-state index contributed by atoms with van der Waals surface area (Å²) in [4.78, 5) is 0. The topological polar surface area (TPSA) is 52.7 Å². The number of anilines is 1. The quantitative estimate of drug-likeness (QED) is 0.658. The van der Waals surface area contributed by atoms with Gasteiger partial charge >= 0.3 is 0 Å². The lowest BCUT2D eigenvalue weighted by atomic mass is 10.1. The van der Waals surface area contributed by atoms with Crippen molar-refractivity contribution in [2.24, 2.45) is 0 Å². The average molecular weight is 258 g/mol. The highest BCUT2D eigenvalue weighted by atomic mass is 19.1. The van der Waals surface area contributed by atoms with Crippen LogP contribution in [-0.2, 0) is 6.42 Å². The SMILES string of the molecule is Fc1ccc2c(c1)Cc1c(NC3CCNC3)n[nH]c1-2. The van der Waals surface area contributed by atoms with Crippen LogP contribution in [0.3, 0.4) is 0 Å². The van der Waals surface area contributed by atoms with Gasteiger partial charge in [0.15, 0.2) is 5.82 Å². The zero-order valence-electron chi connectivity index (χ0n) is 10.5. The average Bonchev–Trinajstić information content (AvgIpc) is 3.07. The first-order valence-electron chi connectivity index (χ1n) is 6.64. The monoisotopic (exact) mass is 258 g/mol.